The van der Waals surface area contributed by atoms with E-state index in [9.17, 15) is 9.18 Å². The van der Waals surface area contributed by atoms with E-state index in [1.165, 1.54) is 0 Å². The van der Waals surface area contributed by atoms with Crippen LogP contribution in [0.4, 0.5) is 4.39 Å². The summed E-state index contributed by atoms with van der Waals surface area (Å²) in [5.74, 6) is 0.193. The Hall–Kier alpha value is -0.390. The Kier molecular flexibility index (Phi) is 5.62. The predicted molar refractivity (Wildman–Crippen MR) is 65.1 cm³/mol. The molecule has 1 amide bonds. The minimum absolute atomic E-state index is 0. The zero-order chi connectivity index (χ0) is 11.5. The summed E-state index contributed by atoms with van der Waals surface area (Å²) < 4.78 is 18.1. The van der Waals surface area contributed by atoms with Gasteiger partial charge in [-0.2, -0.15) is 0 Å². The number of amides is 1. The highest BCUT2D eigenvalue weighted by atomic mass is 35.5. The lowest BCUT2D eigenvalue weighted by Gasteiger charge is -2.24. The molecule has 100 valence electrons. The summed E-state index contributed by atoms with van der Waals surface area (Å²) in [6.45, 7) is 1.28. The second kappa shape index (κ2) is 6.52. The lowest BCUT2D eigenvalue weighted by molar-refractivity contribution is -0.124. The molecule has 4 atom stereocenters. The van der Waals surface area contributed by atoms with E-state index in [2.05, 4.69) is 10.6 Å². The molecule has 4 nitrogen and oxygen atoms in total. The number of halogens is 2. The molecule has 2 rings (SSSR count). The smallest absolute Gasteiger partial charge is 0.237 e. The molecule has 0 spiro atoms. The molecule has 0 aromatic rings. The van der Waals surface area contributed by atoms with E-state index in [4.69, 9.17) is 4.74 Å². The highest BCUT2D eigenvalue weighted by Crippen LogP contribution is 2.37. The Morgan fingerprint density at radius 3 is 2.82 bits per heavy atom. The Morgan fingerprint density at radius 2 is 2.29 bits per heavy atom. The predicted octanol–water partition coefficient (Wildman–Crippen LogP) is 0.649. The van der Waals surface area contributed by atoms with Crippen LogP contribution in [0.3, 0.4) is 0 Å². The van der Waals surface area contributed by atoms with Gasteiger partial charge in [0.1, 0.15) is 6.17 Å². The first kappa shape index (κ1) is 14.7. The average molecular weight is 267 g/mol. The maximum absolute atomic E-state index is 13.2. The van der Waals surface area contributed by atoms with Gasteiger partial charge < -0.3 is 10.1 Å². The van der Waals surface area contributed by atoms with E-state index in [1.54, 1.807) is 7.11 Å². The van der Waals surface area contributed by atoms with Crippen molar-refractivity contribution in [3.05, 3.63) is 0 Å². The van der Waals surface area contributed by atoms with E-state index in [1.807, 2.05) is 0 Å². The number of hydrogen-bond donors (Lipinski definition) is 2. The third-order valence-electron chi connectivity index (χ3n) is 3.49. The molecule has 1 saturated heterocycles. The fourth-order valence-electron chi connectivity index (χ4n) is 2.66. The van der Waals surface area contributed by atoms with E-state index in [-0.39, 0.29) is 36.3 Å². The van der Waals surface area contributed by atoms with Crippen molar-refractivity contribution in [3.8, 4) is 0 Å². The largest absolute Gasteiger partial charge is 0.385 e. The Balaban J connectivity index is 0.00000144. The molecule has 0 aromatic heterocycles. The summed E-state index contributed by atoms with van der Waals surface area (Å²) in [5.41, 5.74) is 0. The monoisotopic (exact) mass is 266 g/mol. The number of fused-ring (bicyclic) bond motifs is 2. The van der Waals surface area contributed by atoms with Crippen molar-refractivity contribution in [2.75, 3.05) is 20.3 Å². The van der Waals surface area contributed by atoms with Crippen LogP contribution in [0.5, 0.6) is 0 Å². The minimum atomic E-state index is -0.762. The quantitative estimate of drug-likeness (QED) is 0.719. The van der Waals surface area contributed by atoms with Crippen LogP contribution >= 0.6 is 12.4 Å². The van der Waals surface area contributed by atoms with Crippen molar-refractivity contribution >= 4 is 18.3 Å². The van der Waals surface area contributed by atoms with Crippen molar-refractivity contribution in [1.29, 1.82) is 0 Å². The van der Waals surface area contributed by atoms with Gasteiger partial charge >= 0.3 is 0 Å². The SMILES string of the molecule is COCCCNC(=O)[C@H]1N[C@H]2CC1C[C@@H]2F.Cl. The number of methoxy groups -OCH3 is 1. The van der Waals surface area contributed by atoms with Gasteiger partial charge in [-0.05, 0) is 25.2 Å². The molecule has 2 bridgehead atoms. The first-order chi connectivity index (χ1) is 7.72. The van der Waals surface area contributed by atoms with Gasteiger partial charge in [-0.1, -0.05) is 0 Å². The maximum atomic E-state index is 13.2. The molecule has 17 heavy (non-hydrogen) atoms. The summed E-state index contributed by atoms with van der Waals surface area (Å²) in [4.78, 5) is 11.8. The van der Waals surface area contributed by atoms with Crippen LogP contribution in [0.25, 0.3) is 0 Å². The van der Waals surface area contributed by atoms with Gasteiger partial charge in [-0.15, -0.1) is 12.4 Å². The van der Waals surface area contributed by atoms with Crippen molar-refractivity contribution in [1.82, 2.24) is 10.6 Å². The molecule has 2 fully saturated rings. The topological polar surface area (TPSA) is 50.4 Å². The third kappa shape index (κ3) is 3.30. The highest BCUT2D eigenvalue weighted by molar-refractivity contribution is 5.85. The zero-order valence-corrected chi connectivity index (χ0v) is 10.8. The molecule has 6 heteroatoms. The lowest BCUT2D eigenvalue weighted by atomic mass is 9.99. The number of hydrogen-bond acceptors (Lipinski definition) is 3. The molecule has 2 aliphatic rings. The molecule has 1 saturated carbocycles. The van der Waals surface area contributed by atoms with E-state index < -0.39 is 6.17 Å². The summed E-state index contributed by atoms with van der Waals surface area (Å²) in [6.07, 6.45) is 1.39. The van der Waals surface area contributed by atoms with Gasteiger partial charge in [0.05, 0.1) is 6.04 Å². The van der Waals surface area contributed by atoms with Crippen LogP contribution in [-0.2, 0) is 9.53 Å². The summed E-state index contributed by atoms with van der Waals surface area (Å²) in [7, 11) is 1.64. The standard InChI is InChI=1S/C11H19FN2O2.ClH/c1-16-4-2-3-13-11(15)10-7-5-8(12)9(6-7)14-10;/h7-10,14H,2-6H2,1H3,(H,13,15);1H/t7?,8-,9-,10-;/m0./s1. The van der Waals surface area contributed by atoms with Crippen LogP contribution in [0.15, 0.2) is 0 Å². The molecule has 0 aromatic carbocycles. The van der Waals surface area contributed by atoms with E-state index in [0.717, 1.165) is 12.8 Å². The first-order valence-corrected chi connectivity index (χ1v) is 5.89. The number of carbonyl (C=O) groups is 1. The highest BCUT2D eigenvalue weighted by Gasteiger charge is 2.48. The molecule has 1 aliphatic carbocycles. The third-order valence-corrected chi connectivity index (χ3v) is 3.49. The average Bonchev–Trinajstić information content (AvgIpc) is 2.82. The lowest BCUT2D eigenvalue weighted by Crippen LogP contribution is -2.50. The fraction of sp³-hybridized carbons (Fsp3) is 0.909. The van der Waals surface area contributed by atoms with Gasteiger partial charge in [-0.25, -0.2) is 4.39 Å². The second-order valence-electron chi connectivity index (χ2n) is 4.64. The maximum Gasteiger partial charge on any atom is 0.237 e. The van der Waals surface area contributed by atoms with Gasteiger partial charge in [0.15, 0.2) is 0 Å². The molecule has 1 unspecified atom stereocenters. The minimum Gasteiger partial charge on any atom is -0.385 e. The second-order valence-corrected chi connectivity index (χ2v) is 4.64. The molecule has 0 radical (unpaired) electrons. The molecular weight excluding hydrogens is 247 g/mol. The van der Waals surface area contributed by atoms with E-state index in [0.29, 0.717) is 19.6 Å². The molecule has 1 aliphatic heterocycles. The van der Waals surface area contributed by atoms with Crippen LogP contribution in [-0.4, -0.2) is 44.4 Å². The zero-order valence-electron chi connectivity index (χ0n) is 9.95. The van der Waals surface area contributed by atoms with Crippen molar-refractivity contribution in [2.45, 2.75) is 37.5 Å². The van der Waals surface area contributed by atoms with Gasteiger partial charge in [0.2, 0.25) is 5.91 Å². The van der Waals surface area contributed by atoms with Crippen molar-refractivity contribution in [2.24, 2.45) is 5.92 Å². The summed E-state index contributed by atoms with van der Waals surface area (Å²) in [6, 6.07) is -0.278. The van der Waals surface area contributed by atoms with Crippen LogP contribution < -0.4 is 10.6 Å². The van der Waals surface area contributed by atoms with E-state index >= 15 is 0 Å². The Morgan fingerprint density at radius 1 is 1.53 bits per heavy atom. The number of alkyl halides is 1. The number of nitrogens with one attached hydrogen (secondary N) is 2. The number of ether oxygens (including phenoxy) is 1. The first-order valence-electron chi connectivity index (χ1n) is 5.89. The normalized spacial score (nSPS) is 34.5. The van der Waals surface area contributed by atoms with Gasteiger partial charge in [-0.3, -0.25) is 10.1 Å². The van der Waals surface area contributed by atoms with Crippen LogP contribution in [0, 0.1) is 5.92 Å². The van der Waals surface area contributed by atoms with Crippen molar-refractivity contribution < 1.29 is 13.9 Å². The van der Waals surface area contributed by atoms with Crippen LogP contribution in [0.1, 0.15) is 19.3 Å². The number of rotatable bonds is 5. The fourth-order valence-corrected chi connectivity index (χ4v) is 2.66. The van der Waals surface area contributed by atoms with Gasteiger partial charge in [0.25, 0.3) is 0 Å². The number of piperidine rings is 1. The summed E-state index contributed by atoms with van der Waals surface area (Å²) in [5, 5.41) is 5.92. The number of carbonyl (C=O) groups excluding carboxylic acids is 1. The molecule has 1 heterocycles. The molecular formula is C11H20ClFN2O2. The molecule has 2 N–H and O–H groups in total. The Labute approximate surface area is 107 Å². The van der Waals surface area contributed by atoms with Crippen LogP contribution in [0.2, 0.25) is 0 Å². The summed E-state index contributed by atoms with van der Waals surface area (Å²) >= 11 is 0. The Bertz CT molecular complexity index is 266. The van der Waals surface area contributed by atoms with Gasteiger partial charge in [0, 0.05) is 26.3 Å². The van der Waals surface area contributed by atoms with Crippen molar-refractivity contribution in [3.63, 3.8) is 0 Å².